The SMILES string of the molecule is CCC(C(=O)O)c1cccnc1OC. The number of hydrogen-bond acceptors (Lipinski definition) is 3. The Morgan fingerprint density at radius 3 is 2.93 bits per heavy atom. The highest BCUT2D eigenvalue weighted by Crippen LogP contribution is 2.26. The van der Waals surface area contributed by atoms with Crippen molar-refractivity contribution in [3.8, 4) is 5.88 Å². The van der Waals surface area contributed by atoms with Gasteiger partial charge in [-0.05, 0) is 12.5 Å². The second-order valence-electron chi connectivity index (χ2n) is 2.90. The first-order valence-electron chi connectivity index (χ1n) is 4.42. The van der Waals surface area contributed by atoms with Crippen molar-refractivity contribution in [3.05, 3.63) is 23.9 Å². The largest absolute Gasteiger partial charge is 0.481 e. The summed E-state index contributed by atoms with van der Waals surface area (Å²) in [5.74, 6) is -1.00. The average molecular weight is 195 g/mol. The van der Waals surface area contributed by atoms with E-state index in [0.717, 1.165) is 0 Å². The highest BCUT2D eigenvalue weighted by Gasteiger charge is 2.21. The maximum Gasteiger partial charge on any atom is 0.311 e. The van der Waals surface area contributed by atoms with Crippen molar-refractivity contribution < 1.29 is 14.6 Å². The highest BCUT2D eigenvalue weighted by atomic mass is 16.5. The minimum atomic E-state index is -0.848. The average Bonchev–Trinajstić information content (AvgIpc) is 2.19. The van der Waals surface area contributed by atoms with Gasteiger partial charge in [0.05, 0.1) is 13.0 Å². The Morgan fingerprint density at radius 2 is 2.43 bits per heavy atom. The van der Waals surface area contributed by atoms with Crippen LogP contribution in [0.1, 0.15) is 24.8 Å². The summed E-state index contributed by atoms with van der Waals surface area (Å²) in [4.78, 5) is 14.9. The van der Waals surface area contributed by atoms with Gasteiger partial charge in [0.1, 0.15) is 0 Å². The van der Waals surface area contributed by atoms with E-state index >= 15 is 0 Å². The zero-order chi connectivity index (χ0) is 10.6. The van der Waals surface area contributed by atoms with Crippen LogP contribution in [0.4, 0.5) is 0 Å². The second kappa shape index (κ2) is 4.60. The quantitative estimate of drug-likeness (QED) is 0.793. The van der Waals surface area contributed by atoms with Crippen molar-refractivity contribution in [1.82, 2.24) is 4.98 Å². The molecule has 0 amide bonds. The number of ether oxygens (including phenoxy) is 1. The fourth-order valence-electron chi connectivity index (χ4n) is 1.37. The summed E-state index contributed by atoms with van der Waals surface area (Å²) >= 11 is 0. The number of methoxy groups -OCH3 is 1. The van der Waals surface area contributed by atoms with Crippen LogP contribution in [0.15, 0.2) is 18.3 Å². The van der Waals surface area contributed by atoms with E-state index in [2.05, 4.69) is 4.98 Å². The smallest absolute Gasteiger partial charge is 0.311 e. The second-order valence-corrected chi connectivity index (χ2v) is 2.90. The van der Waals surface area contributed by atoms with Crippen molar-refractivity contribution in [3.63, 3.8) is 0 Å². The molecule has 0 radical (unpaired) electrons. The Morgan fingerprint density at radius 1 is 1.71 bits per heavy atom. The van der Waals surface area contributed by atoms with Crippen molar-refractivity contribution in [2.75, 3.05) is 7.11 Å². The van der Waals surface area contributed by atoms with E-state index < -0.39 is 11.9 Å². The molecular formula is C10H13NO3. The fourth-order valence-corrected chi connectivity index (χ4v) is 1.37. The molecule has 1 heterocycles. The lowest BCUT2D eigenvalue weighted by atomic mass is 9.98. The monoisotopic (exact) mass is 195 g/mol. The first kappa shape index (κ1) is 10.5. The van der Waals surface area contributed by atoms with Gasteiger partial charge in [-0.25, -0.2) is 4.98 Å². The number of nitrogens with zero attached hydrogens (tertiary/aromatic N) is 1. The molecule has 1 rings (SSSR count). The van der Waals surface area contributed by atoms with E-state index in [-0.39, 0.29) is 0 Å². The Labute approximate surface area is 82.5 Å². The molecule has 0 aliphatic rings. The molecule has 1 N–H and O–H groups in total. The van der Waals surface area contributed by atoms with Gasteiger partial charge in [0.15, 0.2) is 0 Å². The van der Waals surface area contributed by atoms with Gasteiger partial charge in [-0.1, -0.05) is 13.0 Å². The lowest BCUT2D eigenvalue weighted by Gasteiger charge is -2.12. The maximum atomic E-state index is 10.9. The van der Waals surface area contributed by atoms with Gasteiger partial charge in [-0.3, -0.25) is 4.79 Å². The standard InChI is InChI=1S/C10H13NO3/c1-3-7(10(12)13)8-5-4-6-11-9(8)14-2/h4-7H,3H2,1-2H3,(H,12,13). The lowest BCUT2D eigenvalue weighted by Crippen LogP contribution is -2.12. The van der Waals surface area contributed by atoms with Crippen molar-refractivity contribution >= 4 is 5.97 Å². The molecule has 76 valence electrons. The Balaban J connectivity index is 3.08. The van der Waals surface area contributed by atoms with Crippen molar-refractivity contribution in [1.29, 1.82) is 0 Å². The van der Waals surface area contributed by atoms with Crippen LogP contribution in [0.5, 0.6) is 5.88 Å². The third kappa shape index (κ3) is 2.02. The molecule has 0 aliphatic carbocycles. The molecule has 14 heavy (non-hydrogen) atoms. The molecular weight excluding hydrogens is 182 g/mol. The molecule has 1 atom stereocenters. The number of carboxylic acid groups (broad SMARTS) is 1. The minimum absolute atomic E-state index is 0.391. The van der Waals surface area contributed by atoms with Gasteiger partial charge < -0.3 is 9.84 Å². The molecule has 4 nitrogen and oxygen atoms in total. The van der Waals surface area contributed by atoms with Crippen molar-refractivity contribution in [2.45, 2.75) is 19.3 Å². The van der Waals surface area contributed by atoms with E-state index in [1.807, 2.05) is 6.92 Å². The van der Waals surface area contributed by atoms with E-state index in [1.165, 1.54) is 7.11 Å². The van der Waals surface area contributed by atoms with Crippen LogP contribution in [0.3, 0.4) is 0 Å². The van der Waals surface area contributed by atoms with Gasteiger partial charge >= 0.3 is 5.97 Å². The molecule has 0 bridgehead atoms. The van der Waals surface area contributed by atoms with Gasteiger partial charge in [0, 0.05) is 11.8 Å². The van der Waals surface area contributed by atoms with E-state index in [9.17, 15) is 4.79 Å². The molecule has 1 unspecified atom stereocenters. The number of aromatic nitrogens is 1. The molecule has 0 saturated carbocycles. The predicted octanol–water partition coefficient (Wildman–Crippen LogP) is 1.67. The van der Waals surface area contributed by atoms with Gasteiger partial charge in [0.25, 0.3) is 0 Å². The Hall–Kier alpha value is -1.58. The van der Waals surface area contributed by atoms with Crippen LogP contribution < -0.4 is 4.74 Å². The summed E-state index contributed by atoms with van der Waals surface area (Å²) in [6.45, 7) is 1.82. The molecule has 1 aromatic rings. The van der Waals surface area contributed by atoms with Crippen LogP contribution in [0, 0.1) is 0 Å². The number of hydrogen-bond donors (Lipinski definition) is 1. The topological polar surface area (TPSA) is 59.4 Å². The van der Waals surface area contributed by atoms with Crippen LogP contribution in [0.2, 0.25) is 0 Å². The highest BCUT2D eigenvalue weighted by molar-refractivity contribution is 5.76. The number of carboxylic acids is 1. The zero-order valence-electron chi connectivity index (χ0n) is 8.23. The third-order valence-corrected chi connectivity index (χ3v) is 2.08. The summed E-state index contributed by atoms with van der Waals surface area (Å²) in [5.41, 5.74) is 0.630. The summed E-state index contributed by atoms with van der Waals surface area (Å²) < 4.78 is 5.00. The predicted molar refractivity (Wildman–Crippen MR) is 51.5 cm³/mol. The first-order valence-corrected chi connectivity index (χ1v) is 4.42. The lowest BCUT2D eigenvalue weighted by molar-refractivity contribution is -0.138. The first-order chi connectivity index (χ1) is 6.70. The van der Waals surface area contributed by atoms with E-state index in [4.69, 9.17) is 9.84 Å². The number of rotatable bonds is 4. The number of aliphatic carboxylic acids is 1. The fraction of sp³-hybridized carbons (Fsp3) is 0.400. The molecule has 0 saturated heterocycles. The van der Waals surface area contributed by atoms with Crippen molar-refractivity contribution in [2.24, 2.45) is 0 Å². The Kier molecular flexibility index (Phi) is 3.45. The van der Waals surface area contributed by atoms with Crippen LogP contribution >= 0.6 is 0 Å². The number of pyridine rings is 1. The molecule has 0 aliphatic heterocycles. The molecule has 0 fully saturated rings. The van der Waals surface area contributed by atoms with Gasteiger partial charge in [-0.15, -0.1) is 0 Å². The summed E-state index contributed by atoms with van der Waals surface area (Å²) in [6, 6.07) is 3.44. The van der Waals surface area contributed by atoms with Crippen LogP contribution in [-0.4, -0.2) is 23.2 Å². The minimum Gasteiger partial charge on any atom is -0.481 e. The summed E-state index contributed by atoms with van der Waals surface area (Å²) in [6.07, 6.45) is 2.11. The van der Waals surface area contributed by atoms with Gasteiger partial charge in [0.2, 0.25) is 5.88 Å². The molecule has 1 aromatic heterocycles. The van der Waals surface area contributed by atoms with E-state index in [0.29, 0.717) is 17.9 Å². The molecule has 0 spiro atoms. The normalized spacial score (nSPS) is 12.1. The number of carbonyl (C=O) groups is 1. The van der Waals surface area contributed by atoms with Crippen LogP contribution in [-0.2, 0) is 4.79 Å². The summed E-state index contributed by atoms with van der Waals surface area (Å²) in [7, 11) is 1.49. The Bertz CT molecular complexity index is 325. The van der Waals surface area contributed by atoms with Crippen LogP contribution in [0.25, 0.3) is 0 Å². The summed E-state index contributed by atoms with van der Waals surface area (Å²) in [5, 5.41) is 8.96. The zero-order valence-corrected chi connectivity index (χ0v) is 8.23. The van der Waals surface area contributed by atoms with E-state index in [1.54, 1.807) is 18.3 Å². The van der Waals surface area contributed by atoms with Gasteiger partial charge in [-0.2, -0.15) is 0 Å². The molecule has 4 heteroatoms. The maximum absolute atomic E-state index is 10.9. The molecule has 0 aromatic carbocycles. The third-order valence-electron chi connectivity index (χ3n) is 2.08.